The predicted molar refractivity (Wildman–Crippen MR) is 101 cm³/mol. The first-order chi connectivity index (χ1) is 12.2. The number of aromatic amines is 1. The maximum Gasteiger partial charge on any atom is 0.224 e. The van der Waals surface area contributed by atoms with Crippen molar-refractivity contribution in [1.29, 1.82) is 0 Å². The summed E-state index contributed by atoms with van der Waals surface area (Å²) in [5.74, 6) is 1.27. The monoisotopic (exact) mass is 354 g/mol. The summed E-state index contributed by atoms with van der Waals surface area (Å²) in [4.78, 5) is 19.9. The van der Waals surface area contributed by atoms with Crippen molar-refractivity contribution in [2.45, 2.75) is 12.8 Å². The van der Waals surface area contributed by atoms with Crippen molar-refractivity contribution < 1.29 is 4.79 Å². The molecule has 25 heavy (non-hydrogen) atoms. The van der Waals surface area contributed by atoms with E-state index in [9.17, 15) is 4.79 Å². The van der Waals surface area contributed by atoms with Crippen molar-refractivity contribution >= 4 is 34.2 Å². The predicted octanol–water partition coefficient (Wildman–Crippen LogP) is 3.82. The highest BCUT2D eigenvalue weighted by Gasteiger charge is 2.18. The van der Waals surface area contributed by atoms with Crippen LogP contribution in [-0.2, 0) is 4.79 Å². The topological polar surface area (TPSA) is 69.8 Å². The Morgan fingerprint density at radius 3 is 2.80 bits per heavy atom. The number of halogens is 1. The van der Waals surface area contributed by atoms with Crippen molar-refractivity contribution in [2.75, 3.05) is 18.4 Å². The molecule has 0 saturated carbocycles. The lowest BCUT2D eigenvalue weighted by Crippen LogP contribution is -2.18. The molecule has 2 aromatic carbocycles. The van der Waals surface area contributed by atoms with Gasteiger partial charge in [-0.1, -0.05) is 17.7 Å². The standard InChI is InChI=1S/C19H19ClN4O/c20-15-2-1-3-16-18(15)24-19(23-16)13-4-6-14(7-5-13)22-17(25)10-12-8-9-21-11-12/h1-7,12,21H,8-11H2,(H,22,25)(H,23,24)/t12-/m1/s1. The molecule has 4 rings (SSSR count). The Balaban J connectivity index is 1.47. The van der Waals surface area contributed by atoms with E-state index in [0.29, 0.717) is 17.4 Å². The third-order valence-corrected chi connectivity index (χ3v) is 4.85. The molecule has 1 aliphatic rings. The summed E-state index contributed by atoms with van der Waals surface area (Å²) in [6.45, 7) is 1.94. The van der Waals surface area contributed by atoms with Gasteiger partial charge in [0.05, 0.1) is 10.5 Å². The Hall–Kier alpha value is -2.37. The molecule has 128 valence electrons. The number of anilines is 1. The molecular formula is C19H19ClN4O. The first kappa shape index (κ1) is 16.1. The van der Waals surface area contributed by atoms with E-state index in [1.165, 1.54) is 0 Å². The van der Waals surface area contributed by atoms with Gasteiger partial charge < -0.3 is 15.6 Å². The largest absolute Gasteiger partial charge is 0.338 e. The second-order valence-corrected chi connectivity index (χ2v) is 6.82. The summed E-state index contributed by atoms with van der Waals surface area (Å²) >= 11 is 6.18. The molecule has 1 aromatic heterocycles. The van der Waals surface area contributed by atoms with Crippen molar-refractivity contribution in [3.05, 3.63) is 47.5 Å². The van der Waals surface area contributed by atoms with E-state index in [4.69, 9.17) is 11.6 Å². The van der Waals surface area contributed by atoms with Crippen LogP contribution in [-0.4, -0.2) is 29.0 Å². The second kappa shape index (κ2) is 6.86. The van der Waals surface area contributed by atoms with Crippen molar-refractivity contribution in [3.63, 3.8) is 0 Å². The highest BCUT2D eigenvalue weighted by atomic mass is 35.5. The summed E-state index contributed by atoms with van der Waals surface area (Å²) in [6, 6.07) is 13.4. The minimum Gasteiger partial charge on any atom is -0.338 e. The maximum atomic E-state index is 12.1. The fourth-order valence-corrected chi connectivity index (χ4v) is 3.42. The van der Waals surface area contributed by atoms with Crippen LogP contribution in [0.2, 0.25) is 5.02 Å². The second-order valence-electron chi connectivity index (χ2n) is 6.41. The van der Waals surface area contributed by atoms with E-state index < -0.39 is 0 Å². The molecule has 1 atom stereocenters. The molecular weight excluding hydrogens is 336 g/mol. The number of carbonyl (C=O) groups excluding carboxylic acids is 1. The molecule has 6 heteroatoms. The number of nitrogens with zero attached hydrogens (tertiary/aromatic N) is 1. The SMILES string of the molecule is O=C(C[C@H]1CCNC1)Nc1ccc(-c2nc3c(Cl)cccc3[nH]2)cc1. The van der Waals surface area contributed by atoms with E-state index >= 15 is 0 Å². The zero-order chi connectivity index (χ0) is 17.2. The number of hydrogen-bond donors (Lipinski definition) is 3. The first-order valence-electron chi connectivity index (χ1n) is 8.44. The first-order valence-corrected chi connectivity index (χ1v) is 8.82. The molecule has 2 heterocycles. The zero-order valence-electron chi connectivity index (χ0n) is 13.7. The number of amides is 1. The Morgan fingerprint density at radius 1 is 1.24 bits per heavy atom. The molecule has 0 radical (unpaired) electrons. The molecule has 0 aliphatic carbocycles. The van der Waals surface area contributed by atoms with Crippen molar-refractivity contribution in [3.8, 4) is 11.4 Å². The number of benzene rings is 2. The van der Waals surface area contributed by atoms with Crippen LogP contribution >= 0.6 is 11.6 Å². The van der Waals surface area contributed by atoms with E-state index in [1.807, 2.05) is 42.5 Å². The number of para-hydroxylation sites is 1. The Morgan fingerprint density at radius 2 is 2.08 bits per heavy atom. The zero-order valence-corrected chi connectivity index (χ0v) is 14.4. The van der Waals surface area contributed by atoms with Gasteiger partial charge in [-0.15, -0.1) is 0 Å². The van der Waals surface area contributed by atoms with Gasteiger partial charge in [0.2, 0.25) is 5.91 Å². The molecule has 5 nitrogen and oxygen atoms in total. The van der Waals surface area contributed by atoms with Crippen molar-refractivity contribution in [1.82, 2.24) is 15.3 Å². The van der Waals surface area contributed by atoms with E-state index in [2.05, 4.69) is 20.6 Å². The average Bonchev–Trinajstić information content (AvgIpc) is 3.25. The van der Waals surface area contributed by atoms with E-state index in [1.54, 1.807) is 0 Å². The van der Waals surface area contributed by atoms with Gasteiger partial charge in [-0.25, -0.2) is 4.98 Å². The molecule has 1 fully saturated rings. The number of rotatable bonds is 4. The van der Waals surface area contributed by atoms with Crippen LogP contribution in [0.4, 0.5) is 5.69 Å². The molecule has 3 N–H and O–H groups in total. The van der Waals surface area contributed by atoms with Crippen LogP contribution in [0.5, 0.6) is 0 Å². The Kier molecular flexibility index (Phi) is 4.42. The fourth-order valence-electron chi connectivity index (χ4n) is 3.21. The molecule has 3 aromatic rings. The molecule has 1 amide bonds. The molecule has 0 unspecified atom stereocenters. The van der Waals surface area contributed by atoms with Crippen LogP contribution < -0.4 is 10.6 Å². The van der Waals surface area contributed by atoms with Gasteiger partial charge in [0, 0.05) is 17.7 Å². The number of aromatic nitrogens is 2. The van der Waals surface area contributed by atoms with Gasteiger partial charge in [-0.3, -0.25) is 4.79 Å². The minimum absolute atomic E-state index is 0.0666. The number of imidazole rings is 1. The van der Waals surface area contributed by atoms with Gasteiger partial charge in [-0.05, 0) is 61.8 Å². The Bertz CT molecular complexity index is 897. The van der Waals surface area contributed by atoms with Gasteiger partial charge in [-0.2, -0.15) is 0 Å². The summed E-state index contributed by atoms with van der Waals surface area (Å²) in [5.41, 5.74) is 3.42. The number of fused-ring (bicyclic) bond motifs is 1. The van der Waals surface area contributed by atoms with Crippen LogP contribution in [0.15, 0.2) is 42.5 Å². The lowest BCUT2D eigenvalue weighted by Gasteiger charge is -2.09. The smallest absolute Gasteiger partial charge is 0.224 e. The number of nitrogens with one attached hydrogen (secondary N) is 3. The third kappa shape index (κ3) is 3.52. The summed E-state index contributed by atoms with van der Waals surface area (Å²) in [5, 5.41) is 6.88. The number of hydrogen-bond acceptors (Lipinski definition) is 3. The van der Waals surface area contributed by atoms with E-state index in [0.717, 1.165) is 47.6 Å². The van der Waals surface area contributed by atoms with Crippen molar-refractivity contribution in [2.24, 2.45) is 5.92 Å². The molecule has 1 saturated heterocycles. The highest BCUT2D eigenvalue weighted by Crippen LogP contribution is 2.26. The lowest BCUT2D eigenvalue weighted by molar-refractivity contribution is -0.116. The average molecular weight is 355 g/mol. The third-order valence-electron chi connectivity index (χ3n) is 4.54. The van der Waals surface area contributed by atoms with Gasteiger partial charge in [0.1, 0.15) is 11.3 Å². The van der Waals surface area contributed by atoms with Gasteiger partial charge in [0.15, 0.2) is 0 Å². The fraction of sp³-hybridized carbons (Fsp3) is 0.263. The summed E-state index contributed by atoms with van der Waals surface area (Å²) in [7, 11) is 0. The van der Waals surface area contributed by atoms with Crippen LogP contribution in [0.1, 0.15) is 12.8 Å². The maximum absolute atomic E-state index is 12.1. The number of carbonyl (C=O) groups is 1. The van der Waals surface area contributed by atoms with Gasteiger partial charge >= 0.3 is 0 Å². The quantitative estimate of drug-likeness (QED) is 0.667. The normalized spacial score (nSPS) is 17.1. The Labute approximate surface area is 150 Å². The summed E-state index contributed by atoms with van der Waals surface area (Å²) < 4.78 is 0. The van der Waals surface area contributed by atoms with E-state index in [-0.39, 0.29) is 5.91 Å². The minimum atomic E-state index is 0.0666. The van der Waals surface area contributed by atoms with Gasteiger partial charge in [0.25, 0.3) is 0 Å². The molecule has 1 aliphatic heterocycles. The molecule has 0 bridgehead atoms. The van der Waals surface area contributed by atoms with Crippen LogP contribution in [0.3, 0.4) is 0 Å². The summed E-state index contributed by atoms with van der Waals surface area (Å²) in [6.07, 6.45) is 1.64. The highest BCUT2D eigenvalue weighted by molar-refractivity contribution is 6.35. The molecule has 0 spiro atoms. The lowest BCUT2D eigenvalue weighted by atomic mass is 10.0. The van der Waals surface area contributed by atoms with Crippen LogP contribution in [0.25, 0.3) is 22.4 Å². The number of H-pyrrole nitrogens is 1. The van der Waals surface area contributed by atoms with Crippen LogP contribution in [0, 0.1) is 5.92 Å².